The first kappa shape index (κ1) is 44.1. The zero-order valence-corrected chi connectivity index (χ0v) is 35.7. The molecule has 2 aliphatic rings. The van der Waals surface area contributed by atoms with Crippen molar-refractivity contribution in [1.82, 2.24) is 39.2 Å². The van der Waals surface area contributed by atoms with Crippen molar-refractivity contribution in [2.75, 3.05) is 37.7 Å². The maximum Gasteiger partial charge on any atom is 0.338 e. The Balaban J connectivity index is 0.000000215. The van der Waals surface area contributed by atoms with Gasteiger partial charge in [0.2, 0.25) is 10.3 Å². The molecule has 17 nitrogen and oxygen atoms in total. The lowest BCUT2D eigenvalue weighted by Gasteiger charge is -2.27. The number of nitrogen functional groups attached to an aromatic ring is 1. The van der Waals surface area contributed by atoms with Gasteiger partial charge in [-0.3, -0.25) is 0 Å². The van der Waals surface area contributed by atoms with Gasteiger partial charge in [-0.05, 0) is 56.9 Å². The second-order valence-electron chi connectivity index (χ2n) is 14.1. The van der Waals surface area contributed by atoms with Crippen LogP contribution in [0.25, 0.3) is 11.3 Å². The van der Waals surface area contributed by atoms with Gasteiger partial charge in [0.05, 0.1) is 41.5 Å². The number of fused-ring (bicyclic) bond motifs is 2. The van der Waals surface area contributed by atoms with E-state index in [0.29, 0.717) is 37.9 Å². The number of carbonyl (C=O) groups excluding carboxylic acids is 2. The predicted molar refractivity (Wildman–Crippen MR) is 221 cm³/mol. The van der Waals surface area contributed by atoms with Crippen LogP contribution in [0.15, 0.2) is 88.4 Å². The molecule has 6 heterocycles. The summed E-state index contributed by atoms with van der Waals surface area (Å²) in [7, 11) is 0. The number of ether oxygens (including phenoxy) is 4. The lowest BCUT2D eigenvalue weighted by molar-refractivity contribution is -0.0449. The summed E-state index contributed by atoms with van der Waals surface area (Å²) in [6.07, 6.45) is 1.03. The number of halogens is 2. The number of nitrogens with zero attached hydrogens (tertiary/aromatic N) is 8. The third kappa shape index (κ3) is 8.61. The summed E-state index contributed by atoms with van der Waals surface area (Å²) in [6.45, 7) is 1.69. The number of aliphatic hydroxyl groups excluding tert-OH is 2. The number of rotatable bonds is 11. The number of aliphatic hydroxyl groups is 2. The van der Waals surface area contributed by atoms with E-state index in [0.717, 1.165) is 0 Å². The summed E-state index contributed by atoms with van der Waals surface area (Å²) < 4.78 is 57.2. The van der Waals surface area contributed by atoms with Gasteiger partial charge < -0.3 is 34.9 Å². The second-order valence-corrected chi connectivity index (χ2v) is 16.5. The van der Waals surface area contributed by atoms with E-state index in [2.05, 4.69) is 30.1 Å². The Morgan fingerprint density at radius 2 is 1.31 bits per heavy atom. The van der Waals surface area contributed by atoms with Gasteiger partial charge in [0.25, 0.3) is 0 Å². The predicted octanol–water partition coefficient (Wildman–Crippen LogP) is 4.77. The second kappa shape index (κ2) is 18.2. The van der Waals surface area contributed by atoms with Gasteiger partial charge in [0.15, 0.2) is 34.6 Å². The van der Waals surface area contributed by atoms with Gasteiger partial charge in [0.1, 0.15) is 42.2 Å². The summed E-state index contributed by atoms with van der Waals surface area (Å²) >= 11 is 4.01. The Morgan fingerprint density at radius 1 is 0.787 bits per heavy atom. The molecule has 0 bridgehead atoms. The van der Waals surface area contributed by atoms with Gasteiger partial charge >= 0.3 is 11.9 Å². The Bertz CT molecular complexity index is 2520. The number of anilines is 1. The normalized spacial score (nSPS) is 26.0. The van der Waals surface area contributed by atoms with Crippen LogP contribution in [0, 0.1) is 0 Å². The van der Waals surface area contributed by atoms with E-state index in [1.807, 2.05) is 12.5 Å². The molecule has 322 valence electrons. The summed E-state index contributed by atoms with van der Waals surface area (Å²) in [5, 5.41) is 29.4. The first-order chi connectivity index (χ1) is 29.2. The number of alkyl halides is 2. The van der Waals surface area contributed by atoms with Crippen molar-refractivity contribution in [2.24, 2.45) is 0 Å². The number of benzene rings is 2. The number of imidazole rings is 2. The molecule has 8 rings (SSSR count). The molecule has 22 heteroatoms. The molecular weight excluding hydrogens is 857 g/mol. The third-order valence-corrected chi connectivity index (χ3v) is 11.8. The molecule has 0 spiro atoms. The number of aromatic nitrogens is 8. The van der Waals surface area contributed by atoms with E-state index >= 15 is 4.39 Å². The highest BCUT2D eigenvalue weighted by Crippen LogP contribution is 2.47. The quantitative estimate of drug-likeness (QED) is 0.118. The maximum atomic E-state index is 16.7. The highest BCUT2D eigenvalue weighted by molar-refractivity contribution is 7.99. The van der Waals surface area contributed by atoms with Crippen LogP contribution >= 0.6 is 35.3 Å². The Labute approximate surface area is 360 Å². The lowest BCUT2D eigenvalue weighted by atomic mass is 9.93. The van der Waals surface area contributed by atoms with E-state index in [1.165, 1.54) is 70.6 Å². The van der Waals surface area contributed by atoms with Gasteiger partial charge in [-0.15, -0.1) is 22.0 Å². The minimum Gasteiger partial charge on any atom is -0.459 e. The van der Waals surface area contributed by atoms with Crippen molar-refractivity contribution in [3.05, 3.63) is 95.6 Å². The van der Waals surface area contributed by atoms with Crippen molar-refractivity contribution < 1.29 is 47.5 Å². The monoisotopic (exact) mass is 897 g/mol. The molecule has 6 aromatic rings. The van der Waals surface area contributed by atoms with Crippen LogP contribution in [0.2, 0.25) is 0 Å². The van der Waals surface area contributed by atoms with E-state index < -0.39 is 66.5 Å². The van der Waals surface area contributed by atoms with E-state index in [1.54, 1.807) is 66.9 Å². The first-order valence-corrected chi connectivity index (χ1v) is 22.2. The summed E-state index contributed by atoms with van der Waals surface area (Å²) in [6, 6.07) is 16.7. The summed E-state index contributed by atoms with van der Waals surface area (Å²) in [5.74, 6) is -1.15. The largest absolute Gasteiger partial charge is 0.459 e. The molecule has 0 aliphatic carbocycles. The minimum atomic E-state index is -2.23. The molecule has 2 fully saturated rings. The first-order valence-electron chi connectivity index (χ1n) is 18.6. The maximum absolute atomic E-state index is 16.7. The number of thioether (sulfide) groups is 3. The van der Waals surface area contributed by atoms with Crippen LogP contribution in [0.3, 0.4) is 0 Å². The molecular formula is C39H41F2N9O8S3. The van der Waals surface area contributed by atoms with Gasteiger partial charge in [-0.2, -0.15) is 0 Å². The van der Waals surface area contributed by atoms with Gasteiger partial charge in [-0.25, -0.2) is 47.3 Å². The van der Waals surface area contributed by atoms with Crippen molar-refractivity contribution in [1.29, 1.82) is 0 Å². The number of esters is 2. The molecule has 2 aromatic carbocycles. The van der Waals surface area contributed by atoms with Crippen molar-refractivity contribution in [3.8, 4) is 0 Å². The standard InChI is InChI=1S/C27H25FN4O5S2.C12H16FN5O3S/c1-27(28)20(18-14-29-22-23(38-2)30-26(39-3)31-32(18)22)36-19(15-35-24(33)16-10-6-4-7-11-16)21(27)37-25(34)17-12-8-5-9-13-17;1-12(13)7(20)6(4-19)21-8(12)5-3-15-10-9(14)16-11(22-2)17-18(5)10/h4-14,19-21H,15H2,1-3H3;3,6-8,19-20H,4H2,1-2H3,(H2,14,16,17)/t19-,20+,21-,27+;6-,7-,8+,12-/m11/s1. The van der Waals surface area contributed by atoms with Gasteiger partial charge in [-0.1, -0.05) is 59.9 Å². The highest BCUT2D eigenvalue weighted by Gasteiger charge is 2.59. The zero-order valence-electron chi connectivity index (χ0n) is 33.3. The minimum absolute atomic E-state index is 0.170. The molecule has 4 N–H and O–H groups in total. The third-order valence-electron chi connectivity index (χ3n) is 10.1. The fourth-order valence-corrected chi connectivity index (χ4v) is 8.22. The van der Waals surface area contributed by atoms with Crippen LogP contribution in [-0.4, -0.2) is 129 Å². The van der Waals surface area contributed by atoms with Crippen LogP contribution < -0.4 is 5.73 Å². The topological polar surface area (TPSA) is 224 Å². The average Bonchev–Trinajstić information content (AvgIpc) is 4.01. The fraction of sp³-hybridized carbons (Fsp3) is 0.385. The molecule has 2 aliphatic heterocycles. The Morgan fingerprint density at radius 3 is 1.87 bits per heavy atom. The van der Waals surface area contributed by atoms with Crippen LogP contribution in [0.1, 0.15) is 58.2 Å². The van der Waals surface area contributed by atoms with E-state index in [4.69, 9.17) is 24.7 Å². The number of hydrogen-bond acceptors (Lipinski definition) is 18. The molecule has 2 saturated heterocycles. The van der Waals surface area contributed by atoms with Crippen molar-refractivity contribution in [3.63, 3.8) is 0 Å². The van der Waals surface area contributed by atoms with E-state index in [-0.39, 0.29) is 23.6 Å². The summed E-state index contributed by atoms with van der Waals surface area (Å²) in [5.41, 5.74) is 3.45. The zero-order chi connectivity index (χ0) is 43.6. The molecule has 0 radical (unpaired) electrons. The highest BCUT2D eigenvalue weighted by atomic mass is 32.2. The molecule has 0 saturated carbocycles. The fourth-order valence-electron chi connectivity index (χ4n) is 6.97. The van der Waals surface area contributed by atoms with Crippen LogP contribution in [0.5, 0.6) is 0 Å². The van der Waals surface area contributed by atoms with Crippen LogP contribution in [-0.2, 0) is 18.9 Å². The molecule has 61 heavy (non-hydrogen) atoms. The van der Waals surface area contributed by atoms with E-state index in [9.17, 15) is 24.2 Å². The Kier molecular flexibility index (Phi) is 13.1. The molecule has 4 aromatic heterocycles. The average molecular weight is 898 g/mol. The SMILES string of the molecule is CSc1nc(N)c2ncc([C@@H]3O[C@H](CO)[C@@H](O)[C@@]3(C)F)n2n1.CSc1nc(SC)c2ncc([C@@H]3O[C@H](COC(=O)c4ccccc4)[C@@H](OC(=O)c4ccccc4)[C@@]3(C)F)n2n1. The molecule has 0 unspecified atom stereocenters. The number of nitrogens with two attached hydrogens (primary N) is 1. The smallest absolute Gasteiger partial charge is 0.338 e. The van der Waals surface area contributed by atoms with Gasteiger partial charge in [0, 0.05) is 0 Å². The number of hydrogen-bond donors (Lipinski definition) is 3. The summed E-state index contributed by atoms with van der Waals surface area (Å²) in [4.78, 5) is 42.6. The van der Waals surface area contributed by atoms with Crippen molar-refractivity contribution in [2.45, 2.75) is 77.1 Å². The lowest BCUT2D eigenvalue weighted by Crippen LogP contribution is -2.43. The van der Waals surface area contributed by atoms with Crippen molar-refractivity contribution >= 4 is 64.3 Å². The number of carbonyl (C=O) groups is 2. The van der Waals surface area contributed by atoms with Crippen LogP contribution in [0.4, 0.5) is 14.6 Å². The molecule has 0 amide bonds. The molecule has 8 atom stereocenters. The Hall–Kier alpha value is -4.97.